The van der Waals surface area contributed by atoms with Gasteiger partial charge in [-0.15, -0.1) is 0 Å². The Balaban J connectivity index is -0.00000000970. The average molecular weight is 290 g/mol. The maximum absolute atomic E-state index is 8.88. The molecule has 0 heterocycles. The molecule has 0 amide bonds. The Morgan fingerprint density at radius 3 is 0.923 bits per heavy atom. The number of hydrogen-bond acceptors (Lipinski definition) is 4. The molecular weight excluding hydrogens is 283 g/mol. The van der Waals surface area contributed by atoms with E-state index >= 15 is 0 Å². The third kappa shape index (κ3) is 283. The summed E-state index contributed by atoms with van der Waals surface area (Å²) in [6.45, 7) is 0. The molecule has 0 aromatic rings. The fourth-order valence-electron chi connectivity index (χ4n) is 0. The summed E-state index contributed by atoms with van der Waals surface area (Å²) in [7, 11) is -4.64. The van der Waals surface area contributed by atoms with Crippen LogP contribution in [-0.2, 0) is 29.0 Å². The predicted octanol–water partition coefficient (Wildman–Crippen LogP) is -10.5. The molecule has 0 radical (unpaired) electrons. The van der Waals surface area contributed by atoms with Gasteiger partial charge in [0.05, 0.1) is 0 Å². The molecule has 0 aliphatic carbocycles. The minimum absolute atomic E-state index is 0. The molecule has 0 aliphatic heterocycles. The second kappa shape index (κ2) is 13.1. The first kappa shape index (κ1) is 29.7. The molecular formula is H7MnNa3O8P. The molecule has 0 aromatic carbocycles. The van der Waals surface area contributed by atoms with E-state index in [1.54, 1.807) is 0 Å². The Bertz CT molecular complexity index is 254. The van der Waals surface area contributed by atoms with Crippen LogP contribution in [0.1, 0.15) is 4.28 Å². The molecule has 0 saturated heterocycles. The zero-order valence-corrected chi connectivity index (χ0v) is 15.3. The van der Waals surface area contributed by atoms with E-state index in [9.17, 15) is 0 Å². The molecule has 13 heavy (non-hydrogen) atoms. The van der Waals surface area contributed by atoms with Gasteiger partial charge in [0, 0.05) is 0 Å². The van der Waals surface area contributed by atoms with Crippen molar-refractivity contribution in [2.24, 2.45) is 0 Å². The van der Waals surface area contributed by atoms with Crippen LogP contribution in [0.5, 0.6) is 0 Å². The van der Waals surface area contributed by atoms with Crippen LogP contribution in [0.2, 0.25) is 0 Å². The monoisotopic (exact) mass is 290 g/mol. The molecule has 0 saturated carbocycles. The summed E-state index contributed by atoms with van der Waals surface area (Å²) >= 11 is -5.38. The van der Waals surface area contributed by atoms with Gasteiger partial charge in [0.1, 0.15) is 0 Å². The Kier molecular flexibility index (Phi) is 29.9. The Morgan fingerprint density at radius 1 is 0.923 bits per heavy atom. The van der Waals surface area contributed by atoms with Crippen LogP contribution in [0.3, 0.4) is 0 Å². The number of phosphoric acid groups is 1. The van der Waals surface area contributed by atoms with Gasteiger partial charge in [0.2, 0.25) is 0 Å². The average Bonchev–Trinajstić information content (AvgIpc) is 1.12. The molecule has 0 rings (SSSR count). The molecule has 0 atom stereocenters. The first-order valence-corrected chi connectivity index (χ1v) is 4.95. The fourth-order valence-corrected chi connectivity index (χ4v) is 0. The van der Waals surface area contributed by atoms with E-state index in [-0.39, 0.29) is 93.0 Å². The van der Waals surface area contributed by atoms with Crippen molar-refractivity contribution in [2.75, 3.05) is 0 Å². The SMILES string of the molecule is O=P(O)(O)O.[H-].[H-].[H-].[Na+].[Na+].[Na+].[O]=[Mn](=[O])(=[O])[OH]. The predicted molar refractivity (Wildman–Crippen MR) is 21.9 cm³/mol. The minimum atomic E-state index is -5.38. The van der Waals surface area contributed by atoms with Gasteiger partial charge in [-0.25, -0.2) is 4.57 Å². The van der Waals surface area contributed by atoms with Gasteiger partial charge in [0.15, 0.2) is 0 Å². The Labute approximate surface area is 146 Å². The standard InChI is InChI=1S/Mn.3Na.H3O4P.H2O.3O.3H/c;;;;1-5(2,3)4;;;;;;;/h;;;;(H3,1,2,3,4);1H2;;;;;;/q4*+1;;;;;;3*-1/p-1. The fraction of sp³-hybridized carbons (Fsp3) is 0. The van der Waals surface area contributed by atoms with Crippen molar-refractivity contribution in [3.8, 4) is 0 Å². The topological polar surface area (TPSA) is 149 Å². The van der Waals surface area contributed by atoms with E-state index in [0.29, 0.717) is 0 Å². The van der Waals surface area contributed by atoms with Crippen LogP contribution >= 0.6 is 7.82 Å². The van der Waals surface area contributed by atoms with Gasteiger partial charge < -0.3 is 19.0 Å². The zero-order chi connectivity index (χ0) is 9.00. The van der Waals surface area contributed by atoms with Gasteiger partial charge in [-0.2, -0.15) is 0 Å². The van der Waals surface area contributed by atoms with Crippen molar-refractivity contribution in [1.29, 1.82) is 0 Å². The van der Waals surface area contributed by atoms with E-state index in [0.717, 1.165) is 0 Å². The van der Waals surface area contributed by atoms with Crippen LogP contribution < -0.4 is 88.7 Å². The molecule has 13 heteroatoms. The zero-order valence-electron chi connectivity index (χ0n) is 10.2. The van der Waals surface area contributed by atoms with E-state index in [1.165, 1.54) is 0 Å². The molecule has 0 spiro atoms. The maximum atomic E-state index is 8.88. The van der Waals surface area contributed by atoms with Crippen molar-refractivity contribution in [2.45, 2.75) is 0 Å². The molecule has 8 nitrogen and oxygen atoms in total. The summed E-state index contributed by atoms with van der Waals surface area (Å²) < 4.78 is 41.9. The number of rotatable bonds is 0. The third-order valence-corrected chi connectivity index (χ3v) is 0. The van der Waals surface area contributed by atoms with Gasteiger partial charge in [0.25, 0.3) is 0 Å². The van der Waals surface area contributed by atoms with Gasteiger partial charge >= 0.3 is 125 Å². The first-order valence-electron chi connectivity index (χ1n) is 1.41. The van der Waals surface area contributed by atoms with Gasteiger partial charge in [-0.05, 0) is 0 Å². The third-order valence-electron chi connectivity index (χ3n) is 0. The van der Waals surface area contributed by atoms with Gasteiger partial charge in [-0.1, -0.05) is 0 Å². The van der Waals surface area contributed by atoms with Crippen molar-refractivity contribution < 1.29 is 141 Å². The second-order valence-corrected chi connectivity index (χ2v) is 3.17. The summed E-state index contributed by atoms with van der Waals surface area (Å²) in [5, 5.41) is 0. The van der Waals surface area contributed by atoms with Crippen LogP contribution in [-0.4, -0.2) is 18.9 Å². The molecule has 4 N–H and O–H groups in total. The van der Waals surface area contributed by atoms with E-state index < -0.39 is 20.8 Å². The van der Waals surface area contributed by atoms with Crippen LogP contribution in [0, 0.1) is 0 Å². The summed E-state index contributed by atoms with van der Waals surface area (Å²) in [6, 6.07) is 0. The first-order chi connectivity index (χ1) is 4.00. The quantitative estimate of drug-likeness (QED) is 0.254. The van der Waals surface area contributed by atoms with Crippen LogP contribution in [0.4, 0.5) is 0 Å². The molecule has 0 aromatic heterocycles. The Hall–Kier alpha value is 2.99. The number of hydrogen-bond donors (Lipinski definition) is 4. The summed E-state index contributed by atoms with van der Waals surface area (Å²) in [6.07, 6.45) is 0. The van der Waals surface area contributed by atoms with E-state index in [1.807, 2.05) is 0 Å². The Morgan fingerprint density at radius 2 is 0.923 bits per heavy atom. The van der Waals surface area contributed by atoms with Crippen molar-refractivity contribution in [1.82, 2.24) is 0 Å². The summed E-state index contributed by atoms with van der Waals surface area (Å²) in [5.74, 6) is 0. The summed E-state index contributed by atoms with van der Waals surface area (Å²) in [5.41, 5.74) is 0. The van der Waals surface area contributed by atoms with Crippen molar-refractivity contribution in [3.63, 3.8) is 0 Å². The molecule has 0 unspecified atom stereocenters. The molecule has 70 valence electrons. The molecule has 0 bridgehead atoms. The summed E-state index contributed by atoms with van der Waals surface area (Å²) in [4.78, 5) is 21.6. The normalized spacial score (nSPS) is 8.92. The van der Waals surface area contributed by atoms with E-state index in [4.69, 9.17) is 34.9 Å². The van der Waals surface area contributed by atoms with Crippen molar-refractivity contribution >= 4 is 7.82 Å². The van der Waals surface area contributed by atoms with Crippen LogP contribution in [0.15, 0.2) is 0 Å². The van der Waals surface area contributed by atoms with E-state index in [2.05, 4.69) is 0 Å². The molecule has 0 fully saturated rings. The van der Waals surface area contributed by atoms with Gasteiger partial charge in [-0.3, -0.25) is 0 Å². The van der Waals surface area contributed by atoms with Crippen molar-refractivity contribution in [3.05, 3.63) is 0 Å². The van der Waals surface area contributed by atoms with Crippen LogP contribution in [0.25, 0.3) is 0 Å². The molecule has 0 aliphatic rings. The second-order valence-electron chi connectivity index (χ2n) is 0.909.